The van der Waals surface area contributed by atoms with Gasteiger partial charge < -0.3 is 79.9 Å². The van der Waals surface area contributed by atoms with Gasteiger partial charge in [-0.25, -0.2) is 0 Å². The van der Waals surface area contributed by atoms with Crippen molar-refractivity contribution >= 4 is 0 Å². The van der Waals surface area contributed by atoms with Gasteiger partial charge in [0.25, 0.3) is 0 Å². The number of ether oxygens (including phenoxy) is 5. The maximum atomic E-state index is 9.91. The lowest BCUT2D eigenvalue weighted by atomic mass is 9.96. The van der Waals surface area contributed by atoms with Gasteiger partial charge in [0.1, 0.15) is 73.2 Å². The topological polar surface area (TPSA) is 269 Å². The number of aliphatic hydroxyl groups is 11. The summed E-state index contributed by atoms with van der Waals surface area (Å²) in [6.07, 6.45) is -19.0. The number of hydrogen-bond acceptors (Lipinski definition) is 16. The van der Waals surface area contributed by atoms with Crippen LogP contribution >= 0.6 is 0 Å². The summed E-state index contributed by atoms with van der Waals surface area (Å²) in [6.45, 7) is 0.217. The standard InChI is InChI=1S/C13H24O11.C7H14O5/c1-21-12-10(19)9(18)7(16)5(24-12)3-22-13-11(20)8(17)6(15)4(2-14)23-13;1-3-5(9)7(11)6(10)4(2-8)12-3/h4-20H,2-3H2,1H3;3-11H,2H2,1H3. The van der Waals surface area contributed by atoms with Gasteiger partial charge >= 0.3 is 0 Å². The van der Waals surface area contributed by atoms with Gasteiger partial charge in [0, 0.05) is 7.11 Å². The molecule has 214 valence electrons. The summed E-state index contributed by atoms with van der Waals surface area (Å²) in [7, 11) is 1.24. The number of aliphatic hydroxyl groups excluding tert-OH is 11. The molecule has 3 aliphatic rings. The Morgan fingerprint density at radius 3 is 1.44 bits per heavy atom. The molecule has 3 heterocycles. The molecule has 15 unspecified atom stereocenters. The first-order valence-corrected chi connectivity index (χ1v) is 11.3. The Hall–Kier alpha value is -0.640. The fraction of sp³-hybridized carbons (Fsp3) is 1.00. The lowest BCUT2D eigenvalue weighted by Crippen LogP contribution is -2.61. The Morgan fingerprint density at radius 1 is 0.528 bits per heavy atom. The molecule has 3 fully saturated rings. The first-order chi connectivity index (χ1) is 16.9. The van der Waals surface area contributed by atoms with E-state index in [2.05, 4.69) is 0 Å². The van der Waals surface area contributed by atoms with E-state index < -0.39 is 98.5 Å². The van der Waals surface area contributed by atoms with Gasteiger partial charge in [-0.3, -0.25) is 0 Å². The van der Waals surface area contributed by atoms with Crippen LogP contribution in [0.5, 0.6) is 0 Å². The second-order valence-corrected chi connectivity index (χ2v) is 8.82. The van der Waals surface area contributed by atoms with Crippen LogP contribution in [-0.2, 0) is 23.7 Å². The van der Waals surface area contributed by atoms with Crippen molar-refractivity contribution in [1.82, 2.24) is 0 Å². The Morgan fingerprint density at radius 2 is 0.944 bits per heavy atom. The van der Waals surface area contributed by atoms with Gasteiger partial charge in [-0.1, -0.05) is 0 Å². The van der Waals surface area contributed by atoms with Crippen molar-refractivity contribution in [1.29, 1.82) is 0 Å². The molecule has 15 atom stereocenters. The molecule has 0 saturated carbocycles. The van der Waals surface area contributed by atoms with Gasteiger partial charge in [-0.2, -0.15) is 0 Å². The van der Waals surface area contributed by atoms with Crippen molar-refractivity contribution in [2.45, 2.75) is 98.9 Å². The molecule has 0 bridgehead atoms. The zero-order valence-electron chi connectivity index (χ0n) is 19.7. The molecule has 16 nitrogen and oxygen atoms in total. The van der Waals surface area contributed by atoms with Crippen molar-refractivity contribution in [3.05, 3.63) is 0 Å². The average Bonchev–Trinajstić information content (AvgIpc) is 2.87. The smallest absolute Gasteiger partial charge is 0.186 e. The van der Waals surface area contributed by atoms with Gasteiger partial charge in [-0.15, -0.1) is 0 Å². The van der Waals surface area contributed by atoms with Crippen molar-refractivity contribution in [3.63, 3.8) is 0 Å². The summed E-state index contributed by atoms with van der Waals surface area (Å²) in [5, 5.41) is 104. The number of hydrogen-bond donors (Lipinski definition) is 11. The molecule has 3 rings (SSSR count). The molecule has 16 heteroatoms. The molecule has 0 aromatic rings. The summed E-state index contributed by atoms with van der Waals surface area (Å²) >= 11 is 0. The SMILES string of the molecule is CC1OC(CO)C(O)C(O)C1O.COC1OC(COC2OC(CO)C(O)C(O)C2O)C(O)C(O)C1O. The molecular formula is C20H38O16. The normalized spacial score (nSPS) is 49.8. The fourth-order valence-corrected chi connectivity index (χ4v) is 3.93. The van der Waals surface area contributed by atoms with Crippen LogP contribution in [0.4, 0.5) is 0 Å². The summed E-state index contributed by atoms with van der Waals surface area (Å²) in [4.78, 5) is 0. The lowest BCUT2D eigenvalue weighted by Gasteiger charge is -2.42. The third kappa shape index (κ3) is 7.06. The van der Waals surface area contributed by atoms with Gasteiger partial charge in [0.05, 0.1) is 25.9 Å². The molecule has 3 aliphatic heterocycles. The molecule has 0 aromatic heterocycles. The van der Waals surface area contributed by atoms with E-state index in [1.165, 1.54) is 7.11 Å². The van der Waals surface area contributed by atoms with Crippen molar-refractivity contribution in [2.75, 3.05) is 26.9 Å². The Kier molecular flexibility index (Phi) is 12.2. The molecule has 3 saturated heterocycles. The van der Waals surface area contributed by atoms with E-state index in [1.807, 2.05) is 0 Å². The second kappa shape index (κ2) is 13.9. The van der Waals surface area contributed by atoms with Crippen LogP contribution in [-0.4, -0.2) is 175 Å². The van der Waals surface area contributed by atoms with E-state index in [1.54, 1.807) is 6.92 Å². The maximum absolute atomic E-state index is 9.91. The summed E-state index contributed by atoms with van der Waals surface area (Å²) in [6, 6.07) is 0. The highest BCUT2D eigenvalue weighted by molar-refractivity contribution is 4.92. The second-order valence-electron chi connectivity index (χ2n) is 8.82. The zero-order chi connectivity index (χ0) is 27.3. The minimum absolute atomic E-state index is 0.366. The first kappa shape index (κ1) is 31.6. The van der Waals surface area contributed by atoms with Crippen LogP contribution in [0.15, 0.2) is 0 Å². The van der Waals surface area contributed by atoms with Gasteiger partial charge in [0.2, 0.25) is 0 Å². The summed E-state index contributed by atoms with van der Waals surface area (Å²) < 4.78 is 25.5. The van der Waals surface area contributed by atoms with Crippen molar-refractivity contribution in [3.8, 4) is 0 Å². The van der Waals surface area contributed by atoms with E-state index in [9.17, 15) is 46.0 Å². The maximum Gasteiger partial charge on any atom is 0.186 e. The van der Waals surface area contributed by atoms with Crippen molar-refractivity contribution < 1.29 is 79.9 Å². The third-order valence-corrected chi connectivity index (χ3v) is 6.31. The summed E-state index contributed by atoms with van der Waals surface area (Å²) in [5.41, 5.74) is 0. The fourth-order valence-electron chi connectivity index (χ4n) is 3.93. The zero-order valence-corrected chi connectivity index (χ0v) is 19.7. The van der Waals surface area contributed by atoms with Crippen LogP contribution in [0.25, 0.3) is 0 Å². The molecular weight excluding hydrogens is 496 g/mol. The Bertz CT molecular complexity index is 598. The highest BCUT2D eigenvalue weighted by atomic mass is 16.7. The predicted octanol–water partition coefficient (Wildman–Crippen LogP) is -6.89. The largest absolute Gasteiger partial charge is 0.394 e. The molecule has 36 heavy (non-hydrogen) atoms. The molecule has 0 aromatic carbocycles. The molecule has 0 spiro atoms. The third-order valence-electron chi connectivity index (χ3n) is 6.31. The number of rotatable bonds is 6. The van der Waals surface area contributed by atoms with Crippen LogP contribution in [0.3, 0.4) is 0 Å². The van der Waals surface area contributed by atoms with Crippen LogP contribution in [0.2, 0.25) is 0 Å². The quantitative estimate of drug-likeness (QED) is 0.151. The van der Waals surface area contributed by atoms with E-state index in [0.717, 1.165) is 0 Å². The Labute approximate surface area is 206 Å². The number of methoxy groups -OCH3 is 1. The highest BCUT2D eigenvalue weighted by Gasteiger charge is 2.47. The van der Waals surface area contributed by atoms with Crippen molar-refractivity contribution in [2.24, 2.45) is 0 Å². The van der Waals surface area contributed by atoms with Gasteiger partial charge in [-0.05, 0) is 6.92 Å². The lowest BCUT2D eigenvalue weighted by molar-refractivity contribution is -0.328. The molecule has 0 aliphatic carbocycles. The van der Waals surface area contributed by atoms with Crippen LogP contribution in [0, 0.1) is 0 Å². The summed E-state index contributed by atoms with van der Waals surface area (Å²) in [5.74, 6) is 0. The predicted molar refractivity (Wildman–Crippen MR) is 113 cm³/mol. The van der Waals surface area contributed by atoms with Crippen LogP contribution in [0.1, 0.15) is 6.92 Å². The molecule has 0 amide bonds. The molecule has 0 radical (unpaired) electrons. The van der Waals surface area contributed by atoms with E-state index in [-0.39, 0.29) is 13.2 Å². The first-order valence-electron chi connectivity index (χ1n) is 11.3. The average molecular weight is 535 g/mol. The Balaban J connectivity index is 0.000000319. The highest BCUT2D eigenvalue weighted by Crippen LogP contribution is 2.25. The van der Waals surface area contributed by atoms with Crippen LogP contribution < -0.4 is 0 Å². The minimum atomic E-state index is -1.60. The monoisotopic (exact) mass is 534 g/mol. The van der Waals surface area contributed by atoms with E-state index in [0.29, 0.717) is 0 Å². The minimum Gasteiger partial charge on any atom is -0.394 e. The van der Waals surface area contributed by atoms with E-state index in [4.69, 9.17) is 33.9 Å². The van der Waals surface area contributed by atoms with Gasteiger partial charge in [0.15, 0.2) is 12.6 Å². The molecule has 11 N–H and O–H groups in total. The van der Waals surface area contributed by atoms with E-state index >= 15 is 0 Å².